The summed E-state index contributed by atoms with van der Waals surface area (Å²) in [5.74, 6) is 0. The van der Waals surface area contributed by atoms with Crippen molar-refractivity contribution in [1.82, 2.24) is 0 Å². The van der Waals surface area contributed by atoms with Crippen molar-refractivity contribution in [3.63, 3.8) is 0 Å². The number of hydrogen-bond acceptors (Lipinski definition) is 3. The van der Waals surface area contributed by atoms with E-state index in [1.54, 1.807) is 0 Å². The fourth-order valence-corrected chi connectivity index (χ4v) is 4.81. The molecule has 3 aliphatic heterocycles. The van der Waals surface area contributed by atoms with E-state index >= 15 is 0 Å². The van der Waals surface area contributed by atoms with Crippen LogP contribution in [0.1, 0.15) is 29.5 Å². The Kier molecular flexibility index (Phi) is 4.38. The maximum atomic E-state index is 5.66. The Morgan fingerprint density at radius 3 is 2.76 bits per heavy atom. The predicted molar refractivity (Wildman–Crippen MR) is 105 cm³/mol. The third-order valence-electron chi connectivity index (χ3n) is 6.05. The van der Waals surface area contributed by atoms with Gasteiger partial charge in [-0.05, 0) is 42.0 Å². The normalized spacial score (nSPS) is 19.9. The van der Waals surface area contributed by atoms with Gasteiger partial charge in [0, 0.05) is 49.6 Å². The molecule has 132 valence electrons. The summed E-state index contributed by atoms with van der Waals surface area (Å²) in [5.41, 5.74) is 7.54. The number of nitrogens with one attached hydrogen (secondary N) is 1. The van der Waals surface area contributed by atoms with Crippen molar-refractivity contribution in [2.24, 2.45) is 0 Å². The van der Waals surface area contributed by atoms with E-state index in [1.807, 2.05) is 0 Å². The summed E-state index contributed by atoms with van der Waals surface area (Å²) >= 11 is 0. The van der Waals surface area contributed by atoms with Gasteiger partial charge >= 0.3 is 0 Å². The van der Waals surface area contributed by atoms with E-state index in [1.165, 1.54) is 28.1 Å². The lowest BCUT2D eigenvalue weighted by molar-refractivity contribution is 0.0553. The molecule has 0 saturated carbocycles. The SMILES string of the molecule is Cl.c1cc2c(c(CN3CC4(CCOCC4)c4ccccc43)c1)NCC2. The average molecular weight is 357 g/mol. The molecule has 1 fully saturated rings. The van der Waals surface area contributed by atoms with Gasteiger partial charge in [-0.1, -0.05) is 36.4 Å². The number of nitrogens with zero attached hydrogens (tertiary/aromatic N) is 1. The number of fused-ring (bicyclic) bond motifs is 3. The second-order valence-electron chi connectivity index (χ2n) is 7.39. The van der Waals surface area contributed by atoms with Crippen LogP contribution in [0, 0.1) is 0 Å². The van der Waals surface area contributed by atoms with Gasteiger partial charge in [0.25, 0.3) is 0 Å². The molecule has 4 heteroatoms. The maximum absolute atomic E-state index is 5.66. The van der Waals surface area contributed by atoms with Crippen molar-refractivity contribution in [3.05, 3.63) is 59.2 Å². The Hall–Kier alpha value is -1.71. The molecular weight excluding hydrogens is 332 g/mol. The minimum absolute atomic E-state index is 0. The number of ether oxygens (including phenoxy) is 1. The van der Waals surface area contributed by atoms with Gasteiger partial charge in [0.1, 0.15) is 0 Å². The molecular formula is C21H25ClN2O. The van der Waals surface area contributed by atoms with E-state index in [0.717, 1.165) is 52.1 Å². The number of benzene rings is 2. The van der Waals surface area contributed by atoms with Crippen LogP contribution >= 0.6 is 12.4 Å². The number of anilines is 2. The molecule has 0 aromatic heterocycles. The first-order valence-electron chi connectivity index (χ1n) is 9.13. The second-order valence-corrected chi connectivity index (χ2v) is 7.39. The smallest absolute Gasteiger partial charge is 0.0475 e. The lowest BCUT2D eigenvalue weighted by Crippen LogP contribution is -2.38. The highest BCUT2D eigenvalue weighted by molar-refractivity contribution is 5.85. The van der Waals surface area contributed by atoms with E-state index in [9.17, 15) is 0 Å². The standard InChI is InChI=1S/C21H24N2O.ClH/c1-2-7-19-18(6-1)21(9-12-24-13-10-21)15-23(19)14-17-5-3-4-16-8-11-22-20(16)17;/h1-7,22H,8-15H2;1H. The Bertz CT molecular complexity index is 770. The number of rotatable bonds is 2. The lowest BCUT2D eigenvalue weighted by atomic mass is 9.76. The van der Waals surface area contributed by atoms with Gasteiger partial charge in [0.05, 0.1) is 0 Å². The van der Waals surface area contributed by atoms with Crippen LogP contribution in [0.3, 0.4) is 0 Å². The quantitative estimate of drug-likeness (QED) is 0.875. The maximum Gasteiger partial charge on any atom is 0.0475 e. The largest absolute Gasteiger partial charge is 0.384 e. The first kappa shape index (κ1) is 16.7. The van der Waals surface area contributed by atoms with Crippen molar-refractivity contribution < 1.29 is 4.74 Å². The highest BCUT2D eigenvalue weighted by atomic mass is 35.5. The molecule has 1 saturated heterocycles. The van der Waals surface area contributed by atoms with Crippen LogP contribution < -0.4 is 10.2 Å². The molecule has 0 amide bonds. The van der Waals surface area contributed by atoms with Gasteiger partial charge < -0.3 is 15.0 Å². The Morgan fingerprint density at radius 1 is 1.04 bits per heavy atom. The summed E-state index contributed by atoms with van der Waals surface area (Å²) in [6.07, 6.45) is 3.44. The summed E-state index contributed by atoms with van der Waals surface area (Å²) < 4.78 is 5.66. The van der Waals surface area contributed by atoms with E-state index in [4.69, 9.17) is 4.74 Å². The average Bonchev–Trinajstić information content (AvgIpc) is 3.21. The molecule has 0 aliphatic carbocycles. The van der Waals surface area contributed by atoms with Crippen molar-refractivity contribution >= 4 is 23.8 Å². The van der Waals surface area contributed by atoms with Gasteiger partial charge in [0.15, 0.2) is 0 Å². The molecule has 1 spiro atoms. The van der Waals surface area contributed by atoms with E-state index in [2.05, 4.69) is 52.7 Å². The molecule has 2 aromatic rings. The zero-order valence-electron chi connectivity index (χ0n) is 14.5. The van der Waals surface area contributed by atoms with Crippen LogP contribution in [0.5, 0.6) is 0 Å². The minimum atomic E-state index is 0. The van der Waals surface area contributed by atoms with Gasteiger partial charge in [-0.25, -0.2) is 0 Å². The van der Waals surface area contributed by atoms with E-state index < -0.39 is 0 Å². The summed E-state index contributed by atoms with van der Waals surface area (Å²) in [4.78, 5) is 2.59. The monoisotopic (exact) mass is 356 g/mol. The Morgan fingerprint density at radius 2 is 1.88 bits per heavy atom. The molecule has 1 N–H and O–H groups in total. The molecule has 5 rings (SSSR count). The van der Waals surface area contributed by atoms with E-state index in [0.29, 0.717) is 5.41 Å². The van der Waals surface area contributed by atoms with Crippen molar-refractivity contribution in [1.29, 1.82) is 0 Å². The molecule has 3 nitrogen and oxygen atoms in total. The molecule has 0 unspecified atom stereocenters. The lowest BCUT2D eigenvalue weighted by Gasteiger charge is -2.34. The summed E-state index contributed by atoms with van der Waals surface area (Å²) in [5, 5.41) is 3.59. The molecule has 25 heavy (non-hydrogen) atoms. The molecule has 3 heterocycles. The highest BCUT2D eigenvalue weighted by Crippen LogP contribution is 2.47. The van der Waals surface area contributed by atoms with Gasteiger partial charge in [-0.2, -0.15) is 0 Å². The fourth-order valence-electron chi connectivity index (χ4n) is 4.81. The summed E-state index contributed by atoms with van der Waals surface area (Å²) in [7, 11) is 0. The molecule has 3 aliphatic rings. The van der Waals surface area contributed by atoms with E-state index in [-0.39, 0.29) is 12.4 Å². The number of para-hydroxylation sites is 2. The topological polar surface area (TPSA) is 24.5 Å². The van der Waals surface area contributed by atoms with Gasteiger partial charge in [-0.3, -0.25) is 0 Å². The Balaban J connectivity index is 0.00000157. The molecule has 0 bridgehead atoms. The van der Waals surface area contributed by atoms with Crippen LogP contribution in [-0.4, -0.2) is 26.3 Å². The van der Waals surface area contributed by atoms with Crippen LogP contribution in [-0.2, 0) is 23.1 Å². The van der Waals surface area contributed by atoms with Crippen LogP contribution in [0.25, 0.3) is 0 Å². The van der Waals surface area contributed by atoms with Crippen molar-refractivity contribution in [2.75, 3.05) is 36.5 Å². The molecule has 0 atom stereocenters. The second kappa shape index (κ2) is 6.54. The summed E-state index contributed by atoms with van der Waals surface area (Å²) in [6, 6.07) is 15.8. The highest BCUT2D eigenvalue weighted by Gasteiger charge is 2.43. The van der Waals surface area contributed by atoms with Crippen LogP contribution in [0.15, 0.2) is 42.5 Å². The predicted octanol–water partition coefficient (Wildman–Crippen LogP) is 4.14. The van der Waals surface area contributed by atoms with Crippen LogP contribution in [0.4, 0.5) is 11.4 Å². The first-order valence-corrected chi connectivity index (χ1v) is 9.13. The fraction of sp³-hybridized carbons (Fsp3) is 0.429. The molecule has 0 radical (unpaired) electrons. The summed E-state index contributed by atoms with van der Waals surface area (Å²) in [6.45, 7) is 4.98. The van der Waals surface area contributed by atoms with Gasteiger partial charge in [-0.15, -0.1) is 12.4 Å². The minimum Gasteiger partial charge on any atom is -0.384 e. The first-order chi connectivity index (χ1) is 11.9. The van der Waals surface area contributed by atoms with Crippen LogP contribution in [0.2, 0.25) is 0 Å². The zero-order chi connectivity index (χ0) is 16.0. The molecule has 2 aromatic carbocycles. The zero-order valence-corrected chi connectivity index (χ0v) is 15.3. The van der Waals surface area contributed by atoms with Crippen molar-refractivity contribution in [3.8, 4) is 0 Å². The third kappa shape index (κ3) is 2.70. The number of hydrogen-bond donors (Lipinski definition) is 1. The number of halogens is 1. The Labute approximate surface area is 155 Å². The van der Waals surface area contributed by atoms with Gasteiger partial charge in [0.2, 0.25) is 0 Å². The third-order valence-corrected chi connectivity index (χ3v) is 6.05. The van der Waals surface area contributed by atoms with Crippen molar-refractivity contribution in [2.45, 2.75) is 31.2 Å².